The maximum atomic E-state index is 12.3. The number of nitrogens with one attached hydrogen (secondary N) is 1. The van der Waals surface area contributed by atoms with Crippen molar-refractivity contribution in [1.82, 2.24) is 10.5 Å². The zero-order valence-electron chi connectivity index (χ0n) is 12.6. The third kappa shape index (κ3) is 2.58. The van der Waals surface area contributed by atoms with Crippen molar-refractivity contribution in [3.05, 3.63) is 52.9 Å². The summed E-state index contributed by atoms with van der Waals surface area (Å²) in [7, 11) is 0. The molecule has 1 aliphatic carbocycles. The van der Waals surface area contributed by atoms with Gasteiger partial charge in [-0.3, -0.25) is 4.79 Å². The van der Waals surface area contributed by atoms with Gasteiger partial charge in [-0.1, -0.05) is 43.3 Å². The van der Waals surface area contributed by atoms with Crippen molar-refractivity contribution in [3.63, 3.8) is 0 Å². The highest BCUT2D eigenvalue weighted by atomic mass is 16.5. The Morgan fingerprint density at radius 2 is 2.14 bits per heavy atom. The molecule has 0 radical (unpaired) electrons. The van der Waals surface area contributed by atoms with E-state index in [0.717, 1.165) is 12.8 Å². The highest BCUT2D eigenvalue weighted by molar-refractivity contribution is 5.92. The molecule has 1 amide bonds. The predicted octanol–water partition coefficient (Wildman–Crippen LogP) is 3.53. The lowest BCUT2D eigenvalue weighted by Gasteiger charge is -2.37. The number of rotatable bonds is 2. The summed E-state index contributed by atoms with van der Waals surface area (Å²) in [5.41, 5.74) is 3.03. The average Bonchev–Trinajstić information content (AvgIpc) is 2.89. The van der Waals surface area contributed by atoms with Gasteiger partial charge in [-0.2, -0.15) is 0 Å². The van der Waals surface area contributed by atoms with Crippen LogP contribution < -0.4 is 5.32 Å². The number of aryl methyl sites for hydroxylation is 1. The fourth-order valence-electron chi connectivity index (χ4n) is 3.07. The molecule has 3 rings (SSSR count). The Morgan fingerprint density at radius 1 is 1.38 bits per heavy atom. The Morgan fingerprint density at radius 3 is 2.86 bits per heavy atom. The van der Waals surface area contributed by atoms with E-state index in [2.05, 4.69) is 42.5 Å². The summed E-state index contributed by atoms with van der Waals surface area (Å²) in [5, 5.41) is 6.86. The molecule has 4 nitrogen and oxygen atoms in total. The molecule has 1 unspecified atom stereocenters. The molecule has 1 aromatic carbocycles. The van der Waals surface area contributed by atoms with Crippen LogP contribution in [0.2, 0.25) is 0 Å². The molecule has 0 aliphatic heterocycles. The van der Waals surface area contributed by atoms with Crippen LogP contribution in [0.3, 0.4) is 0 Å². The molecule has 21 heavy (non-hydrogen) atoms. The van der Waals surface area contributed by atoms with Crippen LogP contribution in [-0.4, -0.2) is 11.1 Å². The van der Waals surface area contributed by atoms with Crippen LogP contribution in [0, 0.1) is 6.92 Å². The van der Waals surface area contributed by atoms with Crippen LogP contribution in [-0.2, 0) is 5.41 Å². The number of aromatic nitrogens is 1. The van der Waals surface area contributed by atoms with Gasteiger partial charge in [0, 0.05) is 6.07 Å². The van der Waals surface area contributed by atoms with Crippen molar-refractivity contribution in [3.8, 4) is 0 Å². The van der Waals surface area contributed by atoms with E-state index in [1.165, 1.54) is 11.1 Å². The van der Waals surface area contributed by atoms with Gasteiger partial charge in [0.2, 0.25) is 0 Å². The first-order valence-corrected chi connectivity index (χ1v) is 7.31. The second-order valence-corrected chi connectivity index (χ2v) is 6.36. The number of benzene rings is 1. The minimum Gasteiger partial charge on any atom is -0.361 e. The number of fused-ring (bicyclic) bond motifs is 1. The largest absolute Gasteiger partial charge is 0.361 e. The molecule has 0 bridgehead atoms. The van der Waals surface area contributed by atoms with Crippen LogP contribution in [0.5, 0.6) is 0 Å². The van der Waals surface area contributed by atoms with Crippen LogP contribution in [0.4, 0.5) is 0 Å². The summed E-state index contributed by atoms with van der Waals surface area (Å²) in [5.74, 6) is 0.469. The molecule has 0 fully saturated rings. The number of hydrogen-bond donors (Lipinski definition) is 1. The topological polar surface area (TPSA) is 55.1 Å². The molecular formula is C17H20N2O2. The van der Waals surface area contributed by atoms with E-state index in [1.807, 2.05) is 6.07 Å². The number of hydrogen-bond acceptors (Lipinski definition) is 3. The SMILES string of the molecule is Cc1cc(C(=O)NC2CCC(C)(C)c3ccccc32)no1. The van der Waals surface area contributed by atoms with Crippen molar-refractivity contribution in [2.75, 3.05) is 0 Å². The van der Waals surface area contributed by atoms with E-state index in [0.29, 0.717) is 11.5 Å². The van der Waals surface area contributed by atoms with Gasteiger partial charge in [-0.25, -0.2) is 0 Å². The molecule has 1 aliphatic rings. The van der Waals surface area contributed by atoms with Crippen molar-refractivity contribution in [1.29, 1.82) is 0 Å². The molecular weight excluding hydrogens is 264 g/mol. The highest BCUT2D eigenvalue weighted by Crippen LogP contribution is 2.41. The first kappa shape index (κ1) is 13.9. The van der Waals surface area contributed by atoms with Crippen molar-refractivity contribution in [2.45, 2.75) is 45.1 Å². The number of carbonyl (C=O) groups is 1. The smallest absolute Gasteiger partial charge is 0.273 e. The summed E-state index contributed by atoms with van der Waals surface area (Å²) >= 11 is 0. The minimum absolute atomic E-state index is 0.0405. The standard InChI is InChI=1S/C17H20N2O2/c1-11-10-15(19-21-11)16(20)18-14-8-9-17(2,3)13-7-5-4-6-12(13)14/h4-7,10,14H,8-9H2,1-3H3,(H,18,20). The molecule has 110 valence electrons. The van der Waals surface area contributed by atoms with Gasteiger partial charge in [0.1, 0.15) is 5.76 Å². The lowest BCUT2D eigenvalue weighted by atomic mass is 9.71. The van der Waals surface area contributed by atoms with Gasteiger partial charge in [0.25, 0.3) is 5.91 Å². The molecule has 2 aromatic rings. The molecule has 4 heteroatoms. The van der Waals surface area contributed by atoms with E-state index in [1.54, 1.807) is 13.0 Å². The van der Waals surface area contributed by atoms with Gasteiger partial charge in [-0.05, 0) is 36.3 Å². The van der Waals surface area contributed by atoms with E-state index >= 15 is 0 Å². The number of carbonyl (C=O) groups excluding carboxylic acids is 1. The highest BCUT2D eigenvalue weighted by Gasteiger charge is 2.33. The first-order chi connectivity index (χ1) is 9.97. The summed E-state index contributed by atoms with van der Waals surface area (Å²) in [6.45, 7) is 6.29. The second-order valence-electron chi connectivity index (χ2n) is 6.36. The lowest BCUT2D eigenvalue weighted by molar-refractivity contribution is 0.0920. The maximum absolute atomic E-state index is 12.3. The van der Waals surface area contributed by atoms with Crippen molar-refractivity contribution >= 4 is 5.91 Å². The van der Waals surface area contributed by atoms with Gasteiger partial charge >= 0.3 is 0 Å². The van der Waals surface area contributed by atoms with Gasteiger partial charge in [0.05, 0.1) is 6.04 Å². The van der Waals surface area contributed by atoms with Crippen LogP contribution in [0.15, 0.2) is 34.9 Å². The molecule has 1 heterocycles. The van der Waals surface area contributed by atoms with Crippen molar-refractivity contribution in [2.24, 2.45) is 0 Å². The van der Waals surface area contributed by atoms with Gasteiger partial charge in [0.15, 0.2) is 5.69 Å². The normalized spacial score (nSPS) is 19.9. The van der Waals surface area contributed by atoms with E-state index in [4.69, 9.17) is 4.52 Å². The van der Waals surface area contributed by atoms with Crippen molar-refractivity contribution < 1.29 is 9.32 Å². The number of nitrogens with zero attached hydrogens (tertiary/aromatic N) is 1. The zero-order valence-corrected chi connectivity index (χ0v) is 12.6. The molecule has 0 saturated carbocycles. The quantitative estimate of drug-likeness (QED) is 0.918. The summed E-state index contributed by atoms with van der Waals surface area (Å²) < 4.78 is 4.97. The fourth-order valence-corrected chi connectivity index (χ4v) is 3.07. The first-order valence-electron chi connectivity index (χ1n) is 7.31. The Hall–Kier alpha value is -2.10. The van der Waals surface area contributed by atoms with Crippen LogP contribution >= 0.6 is 0 Å². The molecule has 0 saturated heterocycles. The second kappa shape index (κ2) is 5.02. The lowest BCUT2D eigenvalue weighted by Crippen LogP contribution is -2.35. The third-order valence-electron chi connectivity index (χ3n) is 4.29. The average molecular weight is 284 g/mol. The van der Waals surface area contributed by atoms with Crippen LogP contribution in [0.1, 0.15) is 60.1 Å². The predicted molar refractivity (Wildman–Crippen MR) is 80.1 cm³/mol. The van der Waals surface area contributed by atoms with Crippen LogP contribution in [0.25, 0.3) is 0 Å². The van der Waals surface area contributed by atoms with E-state index < -0.39 is 0 Å². The van der Waals surface area contributed by atoms with E-state index in [-0.39, 0.29) is 17.4 Å². The molecule has 1 atom stereocenters. The Kier molecular flexibility index (Phi) is 3.32. The molecule has 1 aromatic heterocycles. The Labute approximate surface area is 124 Å². The van der Waals surface area contributed by atoms with E-state index in [9.17, 15) is 4.79 Å². The summed E-state index contributed by atoms with van der Waals surface area (Å²) in [4.78, 5) is 12.3. The summed E-state index contributed by atoms with van der Waals surface area (Å²) in [6.07, 6.45) is 1.99. The van der Waals surface area contributed by atoms with Gasteiger partial charge < -0.3 is 9.84 Å². The fraction of sp³-hybridized carbons (Fsp3) is 0.412. The number of amides is 1. The Bertz CT molecular complexity index is 673. The minimum atomic E-state index is -0.175. The zero-order chi connectivity index (χ0) is 15.0. The molecule has 0 spiro atoms. The Balaban J connectivity index is 1.86. The maximum Gasteiger partial charge on any atom is 0.273 e. The monoisotopic (exact) mass is 284 g/mol. The third-order valence-corrected chi connectivity index (χ3v) is 4.29. The summed E-state index contributed by atoms with van der Waals surface area (Å²) in [6, 6.07) is 10.1. The molecule has 1 N–H and O–H groups in total. The van der Waals surface area contributed by atoms with Gasteiger partial charge in [-0.15, -0.1) is 0 Å².